The van der Waals surface area contributed by atoms with Crippen LogP contribution < -0.4 is 5.32 Å². The van der Waals surface area contributed by atoms with Crippen LogP contribution in [0.15, 0.2) is 0 Å². The van der Waals surface area contributed by atoms with Crippen molar-refractivity contribution in [1.82, 2.24) is 5.32 Å². The Hall–Kier alpha value is -0.730. The molecule has 0 bridgehead atoms. The minimum absolute atomic E-state index is 0.130. The van der Waals surface area contributed by atoms with Crippen molar-refractivity contribution in [3.8, 4) is 0 Å². The van der Waals surface area contributed by atoms with E-state index in [9.17, 15) is 20.1 Å². The van der Waals surface area contributed by atoms with Gasteiger partial charge in [0.15, 0.2) is 6.29 Å². The van der Waals surface area contributed by atoms with E-state index in [-0.39, 0.29) is 6.42 Å². The van der Waals surface area contributed by atoms with E-state index in [1.807, 2.05) is 0 Å². The molecule has 0 aromatic rings. The Balaban J connectivity index is 2.69. The number of methoxy groups -OCH3 is 1. The van der Waals surface area contributed by atoms with Crippen molar-refractivity contribution < 1.29 is 31.0 Å². The normalized spacial score (nSPS) is 36.7. The average Bonchev–Trinajstić information content (AvgIpc) is 2.27. The molecule has 7 nitrogen and oxygen atoms in total. The number of nitrogens with one attached hydrogen (secondary N) is 1. The molecule has 4 N–H and O–H groups in total. The highest BCUT2D eigenvalue weighted by atomic mass is 16.6. The highest BCUT2D eigenvalue weighted by Gasteiger charge is 2.43. The Morgan fingerprint density at radius 3 is 2.68 bits per heavy atom. The first kappa shape index (κ1) is 14.7. The molecule has 0 aromatic carbocycles. The molecule has 1 unspecified atom stereocenters. The van der Waals surface area contributed by atoms with Crippen molar-refractivity contribution in [3.63, 3.8) is 0 Å². The zero-order chi connectivity index (χ0) is 15.5. The molecule has 1 heterocycles. The Kier molecular flexibility index (Phi) is 4.75. The van der Waals surface area contributed by atoms with Crippen molar-refractivity contribution in [2.24, 2.45) is 0 Å². The highest BCUT2D eigenvalue weighted by Crippen LogP contribution is 2.22. The maximum atomic E-state index is 11.8. The lowest BCUT2D eigenvalue weighted by Gasteiger charge is -2.41. The summed E-state index contributed by atoms with van der Waals surface area (Å²) in [6, 6.07) is -0.787. The quantitative estimate of drug-likeness (QED) is 0.511. The maximum absolute atomic E-state index is 11.8. The van der Waals surface area contributed by atoms with Crippen LogP contribution in [0.25, 0.3) is 0 Å². The topological polar surface area (TPSA) is 108 Å². The summed E-state index contributed by atoms with van der Waals surface area (Å²) in [5.74, 6) is -0.446. The molecular formula is C12H23NO6. The van der Waals surface area contributed by atoms with Crippen LogP contribution in [0.5, 0.6) is 0 Å². The van der Waals surface area contributed by atoms with Gasteiger partial charge in [0, 0.05) is 7.09 Å². The number of carbonyl (C=O) groups excluding carboxylic acids is 1. The number of amides is 1. The van der Waals surface area contributed by atoms with Crippen LogP contribution in [0.2, 0.25) is 0 Å². The van der Waals surface area contributed by atoms with Crippen LogP contribution >= 0.6 is 0 Å². The second-order valence-corrected chi connectivity index (χ2v) is 5.44. The van der Waals surface area contributed by atoms with Gasteiger partial charge in [-0.15, -0.1) is 0 Å². The van der Waals surface area contributed by atoms with E-state index in [0.717, 1.165) is 0 Å². The average molecular weight is 278 g/mol. The summed E-state index contributed by atoms with van der Waals surface area (Å²) in [6.07, 6.45) is -4.42. The maximum Gasteiger partial charge on any atom is 0.223 e. The molecule has 1 rings (SSSR count). The third kappa shape index (κ3) is 4.39. The van der Waals surface area contributed by atoms with E-state index in [4.69, 9.17) is 10.8 Å². The number of aliphatic hydroxyl groups excluding tert-OH is 2. The van der Waals surface area contributed by atoms with Crippen LogP contribution in [0.3, 0.4) is 0 Å². The summed E-state index contributed by atoms with van der Waals surface area (Å²) in [7, 11) is -0.444. The molecule has 0 saturated carbocycles. The Bertz CT molecular complexity index is 334. The second-order valence-electron chi connectivity index (χ2n) is 5.44. The predicted molar refractivity (Wildman–Crippen MR) is 66.2 cm³/mol. The molecule has 19 heavy (non-hydrogen) atoms. The molecule has 0 radical (unpaired) electrons. The van der Waals surface area contributed by atoms with Crippen molar-refractivity contribution in [3.05, 3.63) is 0 Å². The fourth-order valence-electron chi connectivity index (χ4n) is 2.05. The van der Waals surface area contributed by atoms with E-state index < -0.39 is 49.2 Å². The van der Waals surface area contributed by atoms with Crippen LogP contribution in [-0.4, -0.2) is 64.6 Å². The fraction of sp³-hybridized carbons (Fsp3) is 0.917. The molecule has 5 atom stereocenters. The minimum atomic E-state index is -1.35. The molecule has 0 spiro atoms. The SMILES string of the molecule is [2H]CO[C@H]1C(O)O[C@H](C)[C@@H](NC(=O)CC(C)(C)O)[C@@H]1O. The van der Waals surface area contributed by atoms with E-state index in [1.54, 1.807) is 6.92 Å². The molecule has 1 saturated heterocycles. The van der Waals surface area contributed by atoms with Gasteiger partial charge in [0.1, 0.15) is 12.2 Å². The van der Waals surface area contributed by atoms with Gasteiger partial charge >= 0.3 is 0 Å². The lowest BCUT2D eigenvalue weighted by atomic mass is 9.96. The van der Waals surface area contributed by atoms with Crippen molar-refractivity contribution in [2.75, 3.05) is 7.09 Å². The molecule has 0 aliphatic carbocycles. The molecule has 1 aliphatic rings. The van der Waals surface area contributed by atoms with Gasteiger partial charge < -0.3 is 30.1 Å². The first-order valence-corrected chi connectivity index (χ1v) is 6.10. The van der Waals surface area contributed by atoms with Crippen molar-refractivity contribution in [1.29, 1.82) is 0 Å². The largest absolute Gasteiger partial charge is 0.390 e. The van der Waals surface area contributed by atoms with Crippen LogP contribution in [-0.2, 0) is 14.3 Å². The Labute approximate surface area is 113 Å². The zero-order valence-corrected chi connectivity index (χ0v) is 11.4. The van der Waals surface area contributed by atoms with E-state index in [2.05, 4.69) is 5.32 Å². The van der Waals surface area contributed by atoms with Gasteiger partial charge in [-0.2, -0.15) is 0 Å². The van der Waals surface area contributed by atoms with Crippen LogP contribution in [0.1, 0.15) is 28.6 Å². The first-order chi connectivity index (χ1) is 9.15. The van der Waals surface area contributed by atoms with Gasteiger partial charge in [0.25, 0.3) is 0 Å². The molecule has 7 heteroatoms. The van der Waals surface area contributed by atoms with E-state index >= 15 is 0 Å². The number of aliphatic hydroxyl groups is 3. The lowest BCUT2D eigenvalue weighted by Crippen LogP contribution is -2.63. The summed E-state index contributed by atoms with van der Waals surface area (Å²) in [5.41, 5.74) is -1.16. The third-order valence-corrected chi connectivity index (χ3v) is 2.96. The van der Waals surface area contributed by atoms with E-state index in [0.29, 0.717) is 0 Å². The standard InChI is InChI=1S/C12H23NO6/c1-6-8(13-7(14)5-12(2,3)17)9(15)10(18-4)11(16)19-6/h6,8-11,15-17H,5H2,1-4H3,(H,13,14)/t6-,8-,9+,10-,11?/m1/s1/i4D. The van der Waals surface area contributed by atoms with Gasteiger partial charge in [0.2, 0.25) is 5.91 Å². The molecule has 1 amide bonds. The third-order valence-electron chi connectivity index (χ3n) is 2.96. The zero-order valence-electron chi connectivity index (χ0n) is 12.4. The van der Waals surface area contributed by atoms with Crippen molar-refractivity contribution >= 4 is 5.91 Å². The number of ether oxygens (including phenoxy) is 2. The summed E-state index contributed by atoms with van der Waals surface area (Å²) >= 11 is 0. The number of hydrogen-bond acceptors (Lipinski definition) is 6. The first-order valence-electron chi connectivity index (χ1n) is 6.80. The summed E-state index contributed by atoms with van der Waals surface area (Å²) in [4.78, 5) is 11.8. The Morgan fingerprint density at radius 1 is 1.53 bits per heavy atom. The monoisotopic (exact) mass is 278 g/mol. The van der Waals surface area contributed by atoms with E-state index in [1.165, 1.54) is 13.8 Å². The Morgan fingerprint density at radius 2 is 2.16 bits per heavy atom. The van der Waals surface area contributed by atoms with Crippen molar-refractivity contribution in [2.45, 2.75) is 63.4 Å². The van der Waals surface area contributed by atoms with Gasteiger partial charge in [-0.25, -0.2) is 0 Å². The highest BCUT2D eigenvalue weighted by molar-refractivity contribution is 5.77. The number of hydrogen-bond donors (Lipinski definition) is 4. The predicted octanol–water partition coefficient (Wildman–Crippen LogP) is -1.25. The molecular weight excluding hydrogens is 254 g/mol. The summed E-state index contributed by atoms with van der Waals surface area (Å²) in [5, 5.41) is 31.9. The number of rotatable bonds is 4. The van der Waals surface area contributed by atoms with Crippen LogP contribution in [0.4, 0.5) is 0 Å². The van der Waals surface area contributed by atoms with Gasteiger partial charge in [-0.05, 0) is 20.8 Å². The lowest BCUT2D eigenvalue weighted by molar-refractivity contribution is -0.259. The molecule has 1 aliphatic heterocycles. The summed E-state index contributed by atoms with van der Waals surface area (Å²) in [6.45, 7) is 4.59. The fourth-order valence-corrected chi connectivity index (χ4v) is 2.05. The minimum Gasteiger partial charge on any atom is -0.390 e. The molecule has 1 fully saturated rings. The van der Waals surface area contributed by atoms with Gasteiger partial charge in [-0.1, -0.05) is 0 Å². The van der Waals surface area contributed by atoms with Gasteiger partial charge in [0.05, 0.1) is 25.5 Å². The molecule has 0 aromatic heterocycles. The van der Waals surface area contributed by atoms with Crippen LogP contribution in [0, 0.1) is 0 Å². The molecule has 112 valence electrons. The number of carbonyl (C=O) groups is 1. The summed E-state index contributed by atoms with van der Waals surface area (Å²) < 4.78 is 17.1. The second kappa shape index (κ2) is 6.15. The van der Waals surface area contributed by atoms with Gasteiger partial charge in [-0.3, -0.25) is 4.79 Å². The smallest absolute Gasteiger partial charge is 0.223 e.